The molecule has 6 nitrogen and oxygen atoms in total. The number of carbonyl (C=O) groups excluding carboxylic acids is 1. The maximum absolute atomic E-state index is 12.9. The molecule has 0 unspecified atom stereocenters. The van der Waals surface area contributed by atoms with Crippen molar-refractivity contribution in [2.75, 3.05) is 36.5 Å². The largest absolute Gasteiger partial charge is 0.490 e. The summed E-state index contributed by atoms with van der Waals surface area (Å²) < 4.78 is 11.2. The summed E-state index contributed by atoms with van der Waals surface area (Å²) in [6.45, 7) is 11.4. The Morgan fingerprint density at radius 2 is 1.76 bits per heavy atom. The van der Waals surface area contributed by atoms with Gasteiger partial charge in [-0.2, -0.15) is 0 Å². The summed E-state index contributed by atoms with van der Waals surface area (Å²) in [6, 6.07) is 13.3. The molecule has 1 aromatic heterocycles. The zero-order valence-electron chi connectivity index (χ0n) is 20.0. The average molecular weight is 448 g/mol. The van der Waals surface area contributed by atoms with E-state index in [1.165, 1.54) is 12.8 Å². The van der Waals surface area contributed by atoms with Gasteiger partial charge in [0.05, 0.1) is 18.7 Å². The van der Waals surface area contributed by atoms with Gasteiger partial charge in [-0.3, -0.25) is 4.79 Å². The standard InChI is InChI=1S/C27H33N3O3/c1-5-32-24-10-7-20(16-25(24)33-6-2)27(31)28-21-8-9-23-22(17-21)19(4)15-26(29-23)30-13-11-18(3)12-14-30/h7-10,15-18H,5-6,11-14H2,1-4H3,(H,28,31). The zero-order chi connectivity index (χ0) is 23.4. The molecule has 0 atom stereocenters. The number of pyridine rings is 1. The molecule has 0 aliphatic carbocycles. The van der Waals surface area contributed by atoms with Crippen molar-refractivity contribution >= 4 is 28.3 Å². The van der Waals surface area contributed by atoms with Gasteiger partial charge >= 0.3 is 0 Å². The Labute approximate surface area is 195 Å². The molecule has 0 spiro atoms. The number of anilines is 2. The van der Waals surface area contributed by atoms with Crippen molar-refractivity contribution in [3.05, 3.63) is 53.6 Å². The molecule has 174 valence electrons. The lowest BCUT2D eigenvalue weighted by atomic mass is 9.99. The molecule has 0 bridgehead atoms. The normalized spacial score (nSPS) is 14.4. The van der Waals surface area contributed by atoms with Crippen LogP contribution >= 0.6 is 0 Å². The molecule has 1 aliphatic heterocycles. The number of nitrogens with one attached hydrogen (secondary N) is 1. The Morgan fingerprint density at radius 1 is 1.03 bits per heavy atom. The number of rotatable bonds is 7. The van der Waals surface area contributed by atoms with E-state index < -0.39 is 0 Å². The number of amides is 1. The molecule has 1 saturated heterocycles. The summed E-state index contributed by atoms with van der Waals surface area (Å²) in [5.74, 6) is 2.85. The Morgan fingerprint density at radius 3 is 2.48 bits per heavy atom. The van der Waals surface area contributed by atoms with E-state index in [4.69, 9.17) is 14.5 Å². The number of piperidine rings is 1. The van der Waals surface area contributed by atoms with Crippen molar-refractivity contribution in [3.8, 4) is 11.5 Å². The number of aryl methyl sites for hydroxylation is 1. The van der Waals surface area contributed by atoms with E-state index in [1.807, 2.05) is 32.0 Å². The Bertz CT molecular complexity index is 1140. The zero-order valence-corrected chi connectivity index (χ0v) is 20.0. The number of aromatic nitrogens is 1. The monoisotopic (exact) mass is 447 g/mol. The molecule has 1 N–H and O–H groups in total. The van der Waals surface area contributed by atoms with E-state index in [-0.39, 0.29) is 5.91 Å². The molecule has 1 amide bonds. The average Bonchev–Trinajstić information content (AvgIpc) is 2.81. The number of hydrogen-bond acceptors (Lipinski definition) is 5. The van der Waals surface area contributed by atoms with Crippen LogP contribution in [0.15, 0.2) is 42.5 Å². The minimum Gasteiger partial charge on any atom is -0.490 e. The van der Waals surface area contributed by atoms with Gasteiger partial charge in [0.25, 0.3) is 5.91 Å². The summed E-state index contributed by atoms with van der Waals surface area (Å²) in [7, 11) is 0. The molecule has 4 rings (SSSR count). The molecule has 3 aromatic rings. The third kappa shape index (κ3) is 5.21. The third-order valence-electron chi connectivity index (χ3n) is 6.17. The predicted molar refractivity (Wildman–Crippen MR) is 134 cm³/mol. The van der Waals surface area contributed by atoms with Gasteiger partial charge in [-0.25, -0.2) is 4.98 Å². The van der Waals surface area contributed by atoms with E-state index in [1.54, 1.807) is 18.2 Å². The summed E-state index contributed by atoms with van der Waals surface area (Å²) in [4.78, 5) is 20.2. The lowest BCUT2D eigenvalue weighted by molar-refractivity contribution is 0.102. The van der Waals surface area contributed by atoms with E-state index in [9.17, 15) is 4.79 Å². The lowest BCUT2D eigenvalue weighted by Crippen LogP contribution is -2.33. The van der Waals surface area contributed by atoms with Gasteiger partial charge in [-0.1, -0.05) is 6.92 Å². The second kappa shape index (κ2) is 10.1. The minimum absolute atomic E-state index is 0.192. The number of fused-ring (bicyclic) bond motifs is 1. The first-order valence-corrected chi connectivity index (χ1v) is 11.9. The van der Waals surface area contributed by atoms with E-state index in [2.05, 4.69) is 30.1 Å². The van der Waals surface area contributed by atoms with Gasteiger partial charge < -0.3 is 19.7 Å². The van der Waals surface area contributed by atoms with Crippen LogP contribution in [0.5, 0.6) is 11.5 Å². The van der Waals surface area contributed by atoms with Crippen LogP contribution in [-0.4, -0.2) is 37.2 Å². The van der Waals surface area contributed by atoms with E-state index >= 15 is 0 Å². The molecule has 0 radical (unpaired) electrons. The quantitative estimate of drug-likeness (QED) is 0.494. The summed E-state index contributed by atoms with van der Waals surface area (Å²) in [5.41, 5.74) is 3.36. The fourth-order valence-electron chi connectivity index (χ4n) is 4.25. The highest BCUT2D eigenvalue weighted by Gasteiger charge is 2.18. The third-order valence-corrected chi connectivity index (χ3v) is 6.17. The molecule has 0 saturated carbocycles. The Hall–Kier alpha value is -3.28. The Balaban J connectivity index is 1.54. The first-order valence-electron chi connectivity index (χ1n) is 11.9. The second-order valence-corrected chi connectivity index (χ2v) is 8.68. The molecular formula is C27H33N3O3. The van der Waals surface area contributed by atoms with Crippen LogP contribution in [0.25, 0.3) is 10.9 Å². The second-order valence-electron chi connectivity index (χ2n) is 8.68. The van der Waals surface area contributed by atoms with Crippen LogP contribution in [0, 0.1) is 12.8 Å². The fourth-order valence-corrected chi connectivity index (χ4v) is 4.25. The van der Waals surface area contributed by atoms with Crippen LogP contribution in [0.2, 0.25) is 0 Å². The van der Waals surface area contributed by atoms with Gasteiger partial charge in [0.2, 0.25) is 0 Å². The van der Waals surface area contributed by atoms with Gasteiger partial charge in [-0.05, 0) is 87.6 Å². The van der Waals surface area contributed by atoms with Gasteiger partial charge in [0.15, 0.2) is 11.5 Å². The molecular weight excluding hydrogens is 414 g/mol. The number of nitrogens with zero attached hydrogens (tertiary/aromatic N) is 2. The van der Waals surface area contributed by atoms with Crippen LogP contribution in [0.3, 0.4) is 0 Å². The highest BCUT2D eigenvalue weighted by Crippen LogP contribution is 2.30. The topological polar surface area (TPSA) is 63.7 Å². The van der Waals surface area contributed by atoms with Crippen molar-refractivity contribution in [3.63, 3.8) is 0 Å². The van der Waals surface area contributed by atoms with Gasteiger partial charge in [0, 0.05) is 29.7 Å². The predicted octanol–water partition coefficient (Wildman–Crippen LogP) is 5.83. The molecule has 1 fully saturated rings. The molecule has 2 aromatic carbocycles. The lowest BCUT2D eigenvalue weighted by Gasteiger charge is -2.31. The minimum atomic E-state index is -0.192. The first-order chi connectivity index (χ1) is 16.0. The highest BCUT2D eigenvalue weighted by molar-refractivity contribution is 6.05. The maximum atomic E-state index is 12.9. The summed E-state index contributed by atoms with van der Waals surface area (Å²) >= 11 is 0. The number of hydrogen-bond donors (Lipinski definition) is 1. The van der Waals surface area contributed by atoms with Crippen LogP contribution in [0.4, 0.5) is 11.5 Å². The fraction of sp³-hybridized carbons (Fsp3) is 0.407. The van der Waals surface area contributed by atoms with Crippen molar-refractivity contribution in [2.24, 2.45) is 5.92 Å². The van der Waals surface area contributed by atoms with Crippen LogP contribution in [0.1, 0.15) is 49.5 Å². The van der Waals surface area contributed by atoms with Crippen LogP contribution < -0.4 is 19.7 Å². The van der Waals surface area contributed by atoms with E-state index in [0.29, 0.717) is 30.3 Å². The summed E-state index contributed by atoms with van der Waals surface area (Å²) in [5, 5.41) is 4.05. The molecule has 33 heavy (non-hydrogen) atoms. The molecule has 1 aliphatic rings. The van der Waals surface area contributed by atoms with Crippen molar-refractivity contribution in [2.45, 2.75) is 40.5 Å². The van der Waals surface area contributed by atoms with Crippen molar-refractivity contribution < 1.29 is 14.3 Å². The number of benzene rings is 2. The number of ether oxygens (including phenoxy) is 2. The van der Waals surface area contributed by atoms with Crippen molar-refractivity contribution in [1.82, 2.24) is 4.98 Å². The first kappa shape index (κ1) is 22.9. The highest BCUT2D eigenvalue weighted by atomic mass is 16.5. The van der Waals surface area contributed by atoms with E-state index in [0.717, 1.165) is 47.0 Å². The molecule has 6 heteroatoms. The van der Waals surface area contributed by atoms with Crippen molar-refractivity contribution in [1.29, 1.82) is 0 Å². The summed E-state index contributed by atoms with van der Waals surface area (Å²) in [6.07, 6.45) is 2.42. The SMILES string of the molecule is CCOc1ccc(C(=O)Nc2ccc3nc(N4CCC(C)CC4)cc(C)c3c2)cc1OCC. The van der Waals surface area contributed by atoms with Gasteiger partial charge in [-0.15, -0.1) is 0 Å². The number of carbonyl (C=O) groups is 1. The maximum Gasteiger partial charge on any atom is 0.255 e. The smallest absolute Gasteiger partial charge is 0.255 e. The Kier molecular flexibility index (Phi) is 7.02. The molecule has 2 heterocycles. The van der Waals surface area contributed by atoms with Crippen LogP contribution in [-0.2, 0) is 0 Å². The van der Waals surface area contributed by atoms with Gasteiger partial charge in [0.1, 0.15) is 5.82 Å².